The highest BCUT2D eigenvalue weighted by Gasteiger charge is 2.09. The standard InChI is InChI=1S/C14H12F2N2O2/c15-12-3-1-10(2-4-12)8-17-9-11-5-13(16)7-14(6-11)18(19)20/h1-7,17H,8-9H2. The van der Waals surface area contributed by atoms with Gasteiger partial charge in [0.15, 0.2) is 0 Å². The topological polar surface area (TPSA) is 55.2 Å². The largest absolute Gasteiger partial charge is 0.309 e. The molecule has 1 N–H and O–H groups in total. The minimum atomic E-state index is -0.641. The first-order chi connectivity index (χ1) is 9.54. The van der Waals surface area contributed by atoms with Crippen LogP contribution in [0.2, 0.25) is 0 Å². The number of non-ortho nitro benzene ring substituents is 1. The molecule has 0 bridgehead atoms. The van der Waals surface area contributed by atoms with Crippen LogP contribution in [0.1, 0.15) is 11.1 Å². The van der Waals surface area contributed by atoms with Crippen molar-refractivity contribution in [3.05, 3.63) is 75.3 Å². The first-order valence-electron chi connectivity index (χ1n) is 5.93. The Morgan fingerprint density at radius 3 is 2.25 bits per heavy atom. The lowest BCUT2D eigenvalue weighted by molar-refractivity contribution is -0.385. The molecule has 0 saturated heterocycles. The molecule has 0 aliphatic rings. The summed E-state index contributed by atoms with van der Waals surface area (Å²) in [5.74, 6) is -0.952. The van der Waals surface area contributed by atoms with Gasteiger partial charge in [-0.15, -0.1) is 0 Å². The molecule has 20 heavy (non-hydrogen) atoms. The summed E-state index contributed by atoms with van der Waals surface area (Å²) in [4.78, 5) is 9.98. The predicted molar refractivity (Wildman–Crippen MR) is 70.0 cm³/mol. The number of benzene rings is 2. The van der Waals surface area contributed by atoms with Gasteiger partial charge in [0.1, 0.15) is 11.6 Å². The highest BCUT2D eigenvalue weighted by atomic mass is 19.1. The van der Waals surface area contributed by atoms with Crippen LogP contribution in [-0.4, -0.2) is 4.92 Å². The molecule has 0 heterocycles. The molecule has 0 atom stereocenters. The second-order valence-corrected chi connectivity index (χ2v) is 4.30. The maximum Gasteiger partial charge on any atom is 0.272 e. The van der Waals surface area contributed by atoms with Crippen LogP contribution in [0.3, 0.4) is 0 Å². The van der Waals surface area contributed by atoms with E-state index in [0.717, 1.165) is 11.6 Å². The molecule has 0 radical (unpaired) electrons. The van der Waals surface area contributed by atoms with E-state index in [0.29, 0.717) is 12.1 Å². The van der Waals surface area contributed by atoms with Crippen LogP contribution in [0.5, 0.6) is 0 Å². The van der Waals surface area contributed by atoms with Crippen LogP contribution in [0.4, 0.5) is 14.5 Å². The SMILES string of the molecule is O=[N+]([O-])c1cc(F)cc(CNCc2ccc(F)cc2)c1. The molecule has 4 nitrogen and oxygen atoms in total. The number of rotatable bonds is 5. The summed E-state index contributed by atoms with van der Waals surface area (Å²) in [6, 6.07) is 9.41. The average Bonchev–Trinajstić information content (AvgIpc) is 2.40. The number of hydrogen-bond donors (Lipinski definition) is 1. The van der Waals surface area contributed by atoms with E-state index in [1.54, 1.807) is 12.1 Å². The molecule has 0 aliphatic heterocycles. The van der Waals surface area contributed by atoms with Crippen molar-refractivity contribution in [1.29, 1.82) is 0 Å². The van der Waals surface area contributed by atoms with E-state index in [4.69, 9.17) is 0 Å². The lowest BCUT2D eigenvalue weighted by atomic mass is 10.2. The van der Waals surface area contributed by atoms with Gasteiger partial charge in [-0.1, -0.05) is 12.1 Å². The van der Waals surface area contributed by atoms with E-state index in [9.17, 15) is 18.9 Å². The maximum absolute atomic E-state index is 13.2. The van der Waals surface area contributed by atoms with Gasteiger partial charge in [-0.3, -0.25) is 10.1 Å². The smallest absolute Gasteiger partial charge is 0.272 e. The van der Waals surface area contributed by atoms with Gasteiger partial charge in [0.25, 0.3) is 5.69 Å². The summed E-state index contributed by atoms with van der Waals surface area (Å²) < 4.78 is 25.9. The second kappa shape index (κ2) is 6.21. The summed E-state index contributed by atoms with van der Waals surface area (Å²) in [6.45, 7) is 0.751. The van der Waals surface area contributed by atoms with E-state index in [2.05, 4.69) is 5.32 Å². The highest BCUT2D eigenvalue weighted by molar-refractivity contribution is 5.35. The van der Waals surface area contributed by atoms with Crippen LogP contribution in [-0.2, 0) is 13.1 Å². The van der Waals surface area contributed by atoms with Crippen molar-refractivity contribution in [3.63, 3.8) is 0 Å². The van der Waals surface area contributed by atoms with Crippen molar-refractivity contribution in [2.75, 3.05) is 0 Å². The zero-order valence-corrected chi connectivity index (χ0v) is 10.5. The van der Waals surface area contributed by atoms with Crippen molar-refractivity contribution in [1.82, 2.24) is 5.32 Å². The van der Waals surface area contributed by atoms with Gasteiger partial charge in [-0.05, 0) is 29.3 Å². The van der Waals surface area contributed by atoms with Crippen molar-refractivity contribution in [3.8, 4) is 0 Å². The van der Waals surface area contributed by atoms with Crippen LogP contribution in [0.15, 0.2) is 42.5 Å². The fourth-order valence-electron chi connectivity index (χ4n) is 1.79. The highest BCUT2D eigenvalue weighted by Crippen LogP contribution is 2.16. The summed E-state index contributed by atoms with van der Waals surface area (Å²) >= 11 is 0. The van der Waals surface area contributed by atoms with Gasteiger partial charge in [0.2, 0.25) is 0 Å². The Labute approximate surface area is 114 Å². The summed E-state index contributed by atoms with van der Waals surface area (Å²) in [5, 5.41) is 13.6. The van der Waals surface area contributed by atoms with Crippen molar-refractivity contribution < 1.29 is 13.7 Å². The second-order valence-electron chi connectivity index (χ2n) is 4.30. The quantitative estimate of drug-likeness (QED) is 0.675. The molecule has 2 aromatic carbocycles. The zero-order chi connectivity index (χ0) is 14.5. The summed E-state index contributed by atoms with van der Waals surface area (Å²) in [7, 11) is 0. The lowest BCUT2D eigenvalue weighted by Crippen LogP contribution is -2.13. The molecule has 0 amide bonds. The molecule has 0 unspecified atom stereocenters. The number of nitrogens with one attached hydrogen (secondary N) is 1. The molecule has 2 aromatic rings. The Bertz CT molecular complexity index is 615. The summed E-state index contributed by atoms with van der Waals surface area (Å²) in [6.07, 6.45) is 0. The van der Waals surface area contributed by atoms with Gasteiger partial charge in [-0.25, -0.2) is 8.78 Å². The molecule has 2 rings (SSSR count). The van der Waals surface area contributed by atoms with Gasteiger partial charge >= 0.3 is 0 Å². The molecule has 6 heteroatoms. The van der Waals surface area contributed by atoms with Crippen LogP contribution < -0.4 is 5.32 Å². The van der Waals surface area contributed by atoms with Crippen molar-refractivity contribution in [2.45, 2.75) is 13.1 Å². The van der Waals surface area contributed by atoms with Gasteiger partial charge in [-0.2, -0.15) is 0 Å². The number of nitrogens with zero attached hydrogens (tertiary/aromatic N) is 1. The van der Waals surface area contributed by atoms with E-state index >= 15 is 0 Å². The molecule has 0 spiro atoms. The number of halogens is 2. The normalized spacial score (nSPS) is 10.5. The Morgan fingerprint density at radius 2 is 1.60 bits per heavy atom. The van der Waals surface area contributed by atoms with Gasteiger partial charge in [0, 0.05) is 19.2 Å². The Hall–Kier alpha value is -2.34. The zero-order valence-electron chi connectivity index (χ0n) is 10.5. The Balaban J connectivity index is 1.97. The first-order valence-corrected chi connectivity index (χ1v) is 5.93. The molecule has 0 aromatic heterocycles. The third-order valence-corrected chi connectivity index (χ3v) is 2.72. The Morgan fingerprint density at radius 1 is 0.950 bits per heavy atom. The predicted octanol–water partition coefficient (Wildman–Crippen LogP) is 3.16. The maximum atomic E-state index is 13.2. The average molecular weight is 278 g/mol. The van der Waals surface area contributed by atoms with Gasteiger partial charge < -0.3 is 5.32 Å². The minimum absolute atomic E-state index is 0.274. The van der Waals surface area contributed by atoms with Crippen LogP contribution in [0, 0.1) is 21.7 Å². The molecular formula is C14H12F2N2O2. The third kappa shape index (κ3) is 3.83. The van der Waals surface area contributed by atoms with Crippen molar-refractivity contribution >= 4 is 5.69 Å². The van der Waals surface area contributed by atoms with E-state index < -0.39 is 10.7 Å². The van der Waals surface area contributed by atoms with Crippen LogP contribution >= 0.6 is 0 Å². The molecule has 0 aliphatic carbocycles. The fourth-order valence-corrected chi connectivity index (χ4v) is 1.79. The number of nitro groups is 1. The first kappa shape index (κ1) is 14.1. The summed E-state index contributed by atoms with van der Waals surface area (Å²) in [5.41, 5.74) is 1.08. The molecule has 0 saturated carbocycles. The minimum Gasteiger partial charge on any atom is -0.309 e. The molecule has 104 valence electrons. The fraction of sp³-hybridized carbons (Fsp3) is 0.143. The van der Waals surface area contributed by atoms with Crippen LogP contribution in [0.25, 0.3) is 0 Å². The van der Waals surface area contributed by atoms with Crippen molar-refractivity contribution in [2.24, 2.45) is 0 Å². The third-order valence-electron chi connectivity index (χ3n) is 2.72. The molecular weight excluding hydrogens is 266 g/mol. The number of nitro benzene ring substituents is 1. The van der Waals surface area contributed by atoms with E-state index in [1.807, 2.05) is 0 Å². The van der Waals surface area contributed by atoms with E-state index in [-0.39, 0.29) is 18.0 Å². The Kier molecular flexibility index (Phi) is 4.37. The lowest BCUT2D eigenvalue weighted by Gasteiger charge is -2.05. The molecule has 0 fully saturated rings. The van der Waals surface area contributed by atoms with E-state index in [1.165, 1.54) is 24.3 Å². The van der Waals surface area contributed by atoms with Gasteiger partial charge in [0.05, 0.1) is 11.0 Å². The monoisotopic (exact) mass is 278 g/mol. The number of hydrogen-bond acceptors (Lipinski definition) is 3.